The maximum atomic E-state index is 11.1. The predicted octanol–water partition coefficient (Wildman–Crippen LogP) is 1.24. The van der Waals surface area contributed by atoms with Gasteiger partial charge in [0.15, 0.2) is 10.7 Å². The molecule has 0 atom stereocenters. The monoisotopic (exact) mass is 377 g/mol. The molecule has 2 aromatic heterocycles. The minimum atomic E-state index is -0.510. The fourth-order valence-electron chi connectivity index (χ4n) is 2.69. The normalized spacial score (nSPS) is 15.6. The molecule has 3 aromatic rings. The molecule has 0 unspecified atom stereocenters. The van der Waals surface area contributed by atoms with E-state index in [9.17, 15) is 10.1 Å². The molecule has 11 nitrogen and oxygen atoms in total. The van der Waals surface area contributed by atoms with Gasteiger partial charge < -0.3 is 9.30 Å². The fourth-order valence-corrected chi connectivity index (χ4v) is 3.58. The van der Waals surface area contributed by atoms with E-state index in [1.54, 1.807) is 6.07 Å². The Bertz CT molecular complexity index is 950. The Morgan fingerprint density at radius 1 is 1.23 bits per heavy atom. The maximum absolute atomic E-state index is 11.1. The molecule has 4 rings (SSSR count). The van der Waals surface area contributed by atoms with Crippen LogP contribution in [0.4, 0.5) is 5.69 Å². The Kier molecular flexibility index (Phi) is 4.53. The third-order valence-corrected chi connectivity index (χ3v) is 5.24. The SMILES string of the molecule is Cn1c(CN2CCOCC2)nnc1Sc1ccc([N+](=O)[O-])c2nonc12. The van der Waals surface area contributed by atoms with Crippen molar-refractivity contribution in [1.82, 2.24) is 30.0 Å². The van der Waals surface area contributed by atoms with E-state index in [2.05, 4.69) is 25.4 Å². The Labute approximate surface area is 151 Å². The molecule has 1 saturated heterocycles. The highest BCUT2D eigenvalue weighted by Crippen LogP contribution is 2.35. The second kappa shape index (κ2) is 6.97. The van der Waals surface area contributed by atoms with E-state index in [-0.39, 0.29) is 11.2 Å². The zero-order chi connectivity index (χ0) is 18.1. The largest absolute Gasteiger partial charge is 0.379 e. The average molecular weight is 377 g/mol. The highest BCUT2D eigenvalue weighted by Gasteiger charge is 2.22. The molecule has 1 aliphatic rings. The van der Waals surface area contributed by atoms with Gasteiger partial charge in [-0.25, -0.2) is 4.63 Å². The summed E-state index contributed by atoms with van der Waals surface area (Å²) in [5, 5.41) is 27.7. The first kappa shape index (κ1) is 16.9. The van der Waals surface area contributed by atoms with Gasteiger partial charge in [0.25, 0.3) is 0 Å². The van der Waals surface area contributed by atoms with Crippen molar-refractivity contribution >= 4 is 28.5 Å². The molecule has 1 aliphatic heterocycles. The fraction of sp³-hybridized carbons (Fsp3) is 0.429. The zero-order valence-electron chi connectivity index (χ0n) is 13.9. The second-order valence-corrected chi connectivity index (χ2v) is 6.76. The number of aromatic nitrogens is 5. The highest BCUT2D eigenvalue weighted by atomic mass is 32.2. The van der Waals surface area contributed by atoms with Crippen LogP contribution >= 0.6 is 11.8 Å². The van der Waals surface area contributed by atoms with Crippen molar-refractivity contribution in [2.45, 2.75) is 16.6 Å². The number of nitro benzene ring substituents is 1. The van der Waals surface area contributed by atoms with Crippen molar-refractivity contribution in [3.8, 4) is 0 Å². The Morgan fingerprint density at radius 3 is 2.77 bits per heavy atom. The number of rotatable bonds is 5. The summed E-state index contributed by atoms with van der Waals surface area (Å²) >= 11 is 1.31. The summed E-state index contributed by atoms with van der Waals surface area (Å²) in [5.41, 5.74) is 0.314. The standard InChI is InChI=1S/C14H15N7O4S/c1-19-11(8-20-4-6-24-7-5-20)15-16-14(19)26-10-3-2-9(21(22)23)12-13(10)18-25-17-12/h2-3H,4-8H2,1H3. The lowest BCUT2D eigenvalue weighted by molar-refractivity contribution is -0.383. The molecule has 1 fully saturated rings. The molecule has 0 amide bonds. The van der Waals surface area contributed by atoms with Crippen LogP contribution in [0.25, 0.3) is 11.0 Å². The summed E-state index contributed by atoms with van der Waals surface area (Å²) in [6.07, 6.45) is 0. The number of fused-ring (bicyclic) bond motifs is 1. The van der Waals surface area contributed by atoms with Crippen LogP contribution in [-0.4, -0.2) is 61.2 Å². The van der Waals surface area contributed by atoms with E-state index in [1.807, 2.05) is 11.6 Å². The van der Waals surface area contributed by atoms with E-state index in [0.29, 0.717) is 22.1 Å². The summed E-state index contributed by atoms with van der Waals surface area (Å²) < 4.78 is 11.9. The molecular weight excluding hydrogens is 362 g/mol. The van der Waals surface area contributed by atoms with Gasteiger partial charge in [-0.2, -0.15) is 0 Å². The van der Waals surface area contributed by atoms with Gasteiger partial charge >= 0.3 is 5.69 Å². The van der Waals surface area contributed by atoms with Crippen molar-refractivity contribution < 1.29 is 14.3 Å². The third kappa shape index (κ3) is 3.13. The van der Waals surface area contributed by atoms with Crippen LogP contribution in [0.5, 0.6) is 0 Å². The van der Waals surface area contributed by atoms with E-state index in [4.69, 9.17) is 9.37 Å². The Morgan fingerprint density at radius 2 is 2.00 bits per heavy atom. The molecule has 1 aromatic carbocycles. The Hall–Kier alpha value is -2.57. The van der Waals surface area contributed by atoms with Gasteiger partial charge in [0.1, 0.15) is 5.82 Å². The van der Waals surface area contributed by atoms with Crippen LogP contribution in [0, 0.1) is 10.1 Å². The van der Waals surface area contributed by atoms with Gasteiger partial charge in [-0.3, -0.25) is 15.0 Å². The van der Waals surface area contributed by atoms with Crippen LogP contribution < -0.4 is 0 Å². The van der Waals surface area contributed by atoms with Gasteiger partial charge in [0, 0.05) is 31.1 Å². The van der Waals surface area contributed by atoms with Gasteiger partial charge in [-0.15, -0.1) is 10.2 Å². The number of benzene rings is 1. The van der Waals surface area contributed by atoms with Crippen molar-refractivity contribution in [2.24, 2.45) is 7.05 Å². The molecule has 26 heavy (non-hydrogen) atoms. The average Bonchev–Trinajstić information content (AvgIpc) is 3.25. The lowest BCUT2D eigenvalue weighted by Gasteiger charge is -2.25. The molecule has 136 valence electrons. The summed E-state index contributed by atoms with van der Waals surface area (Å²) in [6, 6.07) is 3.01. The number of nitrogens with zero attached hydrogens (tertiary/aromatic N) is 7. The Balaban J connectivity index is 1.58. The van der Waals surface area contributed by atoms with E-state index < -0.39 is 4.92 Å². The topological polar surface area (TPSA) is 125 Å². The van der Waals surface area contributed by atoms with Gasteiger partial charge in [-0.05, 0) is 28.1 Å². The molecule has 0 saturated carbocycles. The van der Waals surface area contributed by atoms with Crippen LogP contribution in [0.1, 0.15) is 5.82 Å². The van der Waals surface area contributed by atoms with Crippen molar-refractivity contribution in [3.05, 3.63) is 28.1 Å². The van der Waals surface area contributed by atoms with E-state index in [0.717, 1.165) is 32.1 Å². The third-order valence-electron chi connectivity index (χ3n) is 4.15. The van der Waals surface area contributed by atoms with Crippen LogP contribution in [-0.2, 0) is 18.3 Å². The number of nitro groups is 1. The zero-order valence-corrected chi connectivity index (χ0v) is 14.7. The van der Waals surface area contributed by atoms with E-state index in [1.165, 1.54) is 17.8 Å². The van der Waals surface area contributed by atoms with Gasteiger partial charge in [0.2, 0.25) is 5.52 Å². The molecule has 0 bridgehead atoms. The first-order chi connectivity index (χ1) is 12.6. The number of morpholine rings is 1. The predicted molar refractivity (Wildman–Crippen MR) is 89.7 cm³/mol. The molecule has 0 spiro atoms. The number of hydrogen-bond donors (Lipinski definition) is 0. The number of ether oxygens (including phenoxy) is 1. The minimum absolute atomic E-state index is 0.121. The summed E-state index contributed by atoms with van der Waals surface area (Å²) in [7, 11) is 1.89. The molecule has 0 N–H and O–H groups in total. The van der Waals surface area contributed by atoms with Crippen molar-refractivity contribution in [3.63, 3.8) is 0 Å². The summed E-state index contributed by atoms with van der Waals surface area (Å²) in [4.78, 5) is 13.5. The molecule has 12 heteroatoms. The lowest BCUT2D eigenvalue weighted by atomic mass is 10.3. The first-order valence-electron chi connectivity index (χ1n) is 7.89. The highest BCUT2D eigenvalue weighted by molar-refractivity contribution is 7.99. The molecule has 0 radical (unpaired) electrons. The molecule has 0 aliphatic carbocycles. The summed E-state index contributed by atoms with van der Waals surface area (Å²) in [5.74, 6) is 0.839. The number of non-ortho nitro benzene ring substituents is 1. The van der Waals surface area contributed by atoms with Crippen molar-refractivity contribution in [1.29, 1.82) is 0 Å². The van der Waals surface area contributed by atoms with Gasteiger partial charge in [0.05, 0.1) is 24.7 Å². The van der Waals surface area contributed by atoms with Crippen molar-refractivity contribution in [2.75, 3.05) is 26.3 Å². The van der Waals surface area contributed by atoms with Crippen LogP contribution in [0.3, 0.4) is 0 Å². The maximum Gasteiger partial charge on any atom is 0.300 e. The molecular formula is C14H15N7O4S. The second-order valence-electron chi connectivity index (χ2n) is 5.75. The molecule has 3 heterocycles. The van der Waals surface area contributed by atoms with Crippen LogP contribution in [0.2, 0.25) is 0 Å². The summed E-state index contributed by atoms with van der Waals surface area (Å²) in [6.45, 7) is 3.86. The quantitative estimate of drug-likeness (QED) is 0.473. The van der Waals surface area contributed by atoms with E-state index >= 15 is 0 Å². The van der Waals surface area contributed by atoms with Crippen LogP contribution in [0.15, 0.2) is 26.8 Å². The lowest BCUT2D eigenvalue weighted by Crippen LogP contribution is -2.36. The van der Waals surface area contributed by atoms with Gasteiger partial charge in [-0.1, -0.05) is 0 Å². The smallest absolute Gasteiger partial charge is 0.300 e. The number of hydrogen-bond acceptors (Lipinski definition) is 10. The first-order valence-corrected chi connectivity index (χ1v) is 8.71. The minimum Gasteiger partial charge on any atom is -0.379 e.